The summed E-state index contributed by atoms with van der Waals surface area (Å²) in [6, 6.07) is 1.08. The first-order valence-corrected chi connectivity index (χ1v) is 4.10. The van der Waals surface area contributed by atoms with Crippen LogP contribution in [0.25, 0.3) is 0 Å². The van der Waals surface area contributed by atoms with Gasteiger partial charge < -0.3 is 9.84 Å². The lowest BCUT2D eigenvalue weighted by Crippen LogP contribution is -1.99. The van der Waals surface area contributed by atoms with Gasteiger partial charge in [-0.2, -0.15) is 0 Å². The average Bonchev–Trinajstić information content (AvgIpc) is 2.16. The third-order valence-electron chi connectivity index (χ3n) is 1.64. The molecular weight excluding hydrogens is 216 g/mol. The van der Waals surface area contributed by atoms with Gasteiger partial charge in [-0.15, -0.1) is 0 Å². The lowest BCUT2D eigenvalue weighted by Gasteiger charge is -2.08. The number of alkyl halides is 2. The lowest BCUT2D eigenvalue weighted by atomic mass is 10.2. The maximum atomic E-state index is 12.3. The fourth-order valence-electron chi connectivity index (χ4n) is 0.978. The summed E-state index contributed by atoms with van der Waals surface area (Å²) < 4.78 is 29.4. The summed E-state index contributed by atoms with van der Waals surface area (Å²) >= 11 is 5.48. The Bertz CT molecular complexity index is 333. The first-order chi connectivity index (χ1) is 6.60. The molecule has 3 nitrogen and oxygen atoms in total. The van der Waals surface area contributed by atoms with Crippen LogP contribution >= 0.6 is 11.6 Å². The predicted molar refractivity (Wildman–Crippen MR) is 46.7 cm³/mol. The van der Waals surface area contributed by atoms with Crippen molar-refractivity contribution in [3.05, 3.63) is 22.3 Å². The molecule has 78 valence electrons. The van der Waals surface area contributed by atoms with E-state index in [4.69, 9.17) is 21.4 Å². The van der Waals surface area contributed by atoms with Crippen LogP contribution in [0.4, 0.5) is 8.78 Å². The van der Waals surface area contributed by atoms with Crippen molar-refractivity contribution in [1.82, 2.24) is 4.98 Å². The molecule has 0 bridgehead atoms. The number of aliphatic hydroxyl groups excluding tert-OH is 1. The van der Waals surface area contributed by atoms with Crippen molar-refractivity contribution < 1.29 is 18.6 Å². The number of hydrogen-bond donors (Lipinski definition) is 1. The predicted octanol–water partition coefficient (Wildman–Crippen LogP) is 2.17. The van der Waals surface area contributed by atoms with Crippen molar-refractivity contribution in [3.63, 3.8) is 0 Å². The molecule has 0 unspecified atom stereocenters. The topological polar surface area (TPSA) is 42.4 Å². The largest absolute Gasteiger partial charge is 0.481 e. The summed E-state index contributed by atoms with van der Waals surface area (Å²) in [5, 5.41) is 8.53. The zero-order valence-electron chi connectivity index (χ0n) is 7.30. The van der Waals surface area contributed by atoms with E-state index in [1.54, 1.807) is 0 Å². The SMILES string of the molecule is COc1nc(Cl)c(C(F)F)cc1CO. The zero-order valence-corrected chi connectivity index (χ0v) is 8.05. The third kappa shape index (κ3) is 2.10. The minimum atomic E-state index is -2.72. The highest BCUT2D eigenvalue weighted by Gasteiger charge is 2.17. The molecule has 0 aliphatic rings. The Hall–Kier alpha value is -0.940. The molecule has 1 heterocycles. The first kappa shape index (κ1) is 11.1. The van der Waals surface area contributed by atoms with E-state index in [1.165, 1.54) is 7.11 Å². The Morgan fingerprint density at radius 3 is 2.71 bits per heavy atom. The highest BCUT2D eigenvalue weighted by atomic mass is 35.5. The van der Waals surface area contributed by atoms with E-state index in [-0.39, 0.29) is 16.6 Å². The molecule has 0 aliphatic heterocycles. The first-order valence-electron chi connectivity index (χ1n) is 3.72. The van der Waals surface area contributed by atoms with Gasteiger partial charge >= 0.3 is 0 Å². The number of nitrogens with zero attached hydrogens (tertiary/aromatic N) is 1. The summed E-state index contributed by atoms with van der Waals surface area (Å²) in [6.07, 6.45) is -2.72. The molecule has 1 N–H and O–H groups in total. The second-order valence-electron chi connectivity index (χ2n) is 2.50. The van der Waals surface area contributed by atoms with E-state index in [0.717, 1.165) is 6.07 Å². The average molecular weight is 224 g/mol. The van der Waals surface area contributed by atoms with Gasteiger partial charge in [-0.3, -0.25) is 0 Å². The number of rotatable bonds is 3. The Morgan fingerprint density at radius 1 is 1.64 bits per heavy atom. The van der Waals surface area contributed by atoms with E-state index >= 15 is 0 Å². The molecular formula is C8H8ClF2NO2. The molecule has 6 heteroatoms. The van der Waals surface area contributed by atoms with Crippen molar-refractivity contribution in [2.24, 2.45) is 0 Å². The molecule has 1 aromatic rings. The zero-order chi connectivity index (χ0) is 10.7. The Kier molecular flexibility index (Phi) is 3.60. The molecule has 0 radical (unpaired) electrons. The maximum Gasteiger partial charge on any atom is 0.266 e. The molecule has 14 heavy (non-hydrogen) atoms. The quantitative estimate of drug-likeness (QED) is 0.799. The standard InChI is InChI=1S/C8H8ClF2NO2/c1-14-8-4(3-13)2-5(7(10)11)6(9)12-8/h2,7,13H,3H2,1H3. The highest BCUT2D eigenvalue weighted by molar-refractivity contribution is 6.30. The lowest BCUT2D eigenvalue weighted by molar-refractivity contribution is 0.150. The molecule has 0 saturated heterocycles. The van der Waals surface area contributed by atoms with E-state index in [1.807, 2.05) is 0 Å². The van der Waals surface area contributed by atoms with Gasteiger partial charge in [0.1, 0.15) is 5.15 Å². The number of hydrogen-bond acceptors (Lipinski definition) is 3. The number of ether oxygens (including phenoxy) is 1. The Balaban J connectivity index is 3.23. The van der Waals surface area contributed by atoms with Gasteiger partial charge in [-0.05, 0) is 6.07 Å². The van der Waals surface area contributed by atoms with Gasteiger partial charge in [0.05, 0.1) is 19.3 Å². The number of halogens is 3. The van der Waals surface area contributed by atoms with Crippen molar-refractivity contribution >= 4 is 11.6 Å². The maximum absolute atomic E-state index is 12.3. The van der Waals surface area contributed by atoms with E-state index < -0.39 is 18.6 Å². The number of aromatic nitrogens is 1. The molecule has 0 spiro atoms. The highest BCUT2D eigenvalue weighted by Crippen LogP contribution is 2.30. The molecule has 0 atom stereocenters. The van der Waals surface area contributed by atoms with Crippen molar-refractivity contribution in [2.45, 2.75) is 13.0 Å². The van der Waals surface area contributed by atoms with Crippen LogP contribution in [0.3, 0.4) is 0 Å². The van der Waals surface area contributed by atoms with E-state index in [2.05, 4.69) is 4.98 Å². The number of pyridine rings is 1. The summed E-state index contributed by atoms with van der Waals surface area (Å²) in [6.45, 7) is -0.424. The molecule has 0 amide bonds. The fourth-order valence-corrected chi connectivity index (χ4v) is 1.19. The summed E-state index contributed by atoms with van der Waals surface area (Å²) in [7, 11) is 1.32. The van der Waals surface area contributed by atoms with Crippen LogP contribution in [0.15, 0.2) is 6.07 Å². The second kappa shape index (κ2) is 4.52. The van der Waals surface area contributed by atoms with Crippen molar-refractivity contribution in [3.8, 4) is 5.88 Å². The second-order valence-corrected chi connectivity index (χ2v) is 2.85. The van der Waals surface area contributed by atoms with Crippen LogP contribution in [0.2, 0.25) is 5.15 Å². The van der Waals surface area contributed by atoms with Gasteiger partial charge in [0.25, 0.3) is 6.43 Å². The van der Waals surface area contributed by atoms with Gasteiger partial charge in [0, 0.05) is 5.56 Å². The van der Waals surface area contributed by atoms with E-state index in [9.17, 15) is 8.78 Å². The van der Waals surface area contributed by atoms with Gasteiger partial charge in [0.15, 0.2) is 0 Å². The number of aliphatic hydroxyl groups is 1. The molecule has 0 aliphatic carbocycles. The summed E-state index contributed by atoms with van der Waals surface area (Å²) in [5.74, 6) is 0.0573. The fraction of sp³-hybridized carbons (Fsp3) is 0.375. The van der Waals surface area contributed by atoms with Crippen LogP contribution < -0.4 is 4.74 Å². The monoisotopic (exact) mass is 223 g/mol. The van der Waals surface area contributed by atoms with Gasteiger partial charge in [-0.1, -0.05) is 11.6 Å². The van der Waals surface area contributed by atoms with Crippen LogP contribution in [0, 0.1) is 0 Å². The number of methoxy groups -OCH3 is 1. The normalized spacial score (nSPS) is 10.7. The molecule has 0 fully saturated rings. The molecule has 1 aromatic heterocycles. The van der Waals surface area contributed by atoms with Crippen LogP contribution in [-0.2, 0) is 6.61 Å². The third-order valence-corrected chi connectivity index (χ3v) is 1.94. The van der Waals surface area contributed by atoms with Crippen molar-refractivity contribution in [1.29, 1.82) is 0 Å². The minimum absolute atomic E-state index is 0.0573. The molecule has 0 saturated carbocycles. The van der Waals surface area contributed by atoms with Gasteiger partial charge in [-0.25, -0.2) is 13.8 Å². The van der Waals surface area contributed by atoms with Crippen LogP contribution in [-0.4, -0.2) is 17.2 Å². The summed E-state index contributed by atoms with van der Waals surface area (Å²) in [4.78, 5) is 3.59. The molecule has 0 aromatic carbocycles. The van der Waals surface area contributed by atoms with Crippen LogP contribution in [0.1, 0.15) is 17.6 Å². The van der Waals surface area contributed by atoms with Gasteiger partial charge in [0.2, 0.25) is 5.88 Å². The Labute approximate surface area is 84.3 Å². The van der Waals surface area contributed by atoms with Crippen LogP contribution in [0.5, 0.6) is 5.88 Å². The van der Waals surface area contributed by atoms with E-state index in [0.29, 0.717) is 0 Å². The Morgan fingerprint density at radius 2 is 2.29 bits per heavy atom. The summed E-state index contributed by atoms with van der Waals surface area (Å²) in [5.41, 5.74) is -0.219. The minimum Gasteiger partial charge on any atom is -0.481 e. The van der Waals surface area contributed by atoms with Crippen molar-refractivity contribution in [2.75, 3.05) is 7.11 Å². The smallest absolute Gasteiger partial charge is 0.266 e. The molecule has 1 rings (SSSR count).